The molecule has 0 saturated carbocycles. The molecule has 170 valence electrons. The third kappa shape index (κ3) is 8.40. The maximum atomic E-state index is 7.01. The van der Waals surface area contributed by atoms with Gasteiger partial charge in [-0.15, -0.1) is 0 Å². The van der Waals surface area contributed by atoms with Gasteiger partial charge in [0, 0.05) is 19.8 Å². The zero-order valence-corrected chi connectivity index (χ0v) is 24.0. The molecule has 0 aromatic carbocycles. The number of hydrogen-bond acceptors (Lipinski definition) is 6. The van der Waals surface area contributed by atoms with Crippen LogP contribution in [-0.4, -0.2) is 55.0 Å². The molecular weight excluding hydrogens is 425 g/mol. The summed E-state index contributed by atoms with van der Waals surface area (Å²) in [5.41, 5.74) is 0. The summed E-state index contributed by atoms with van der Waals surface area (Å²) in [6.07, 6.45) is 0. The van der Waals surface area contributed by atoms with Crippen molar-refractivity contribution in [2.75, 3.05) is 19.8 Å². The van der Waals surface area contributed by atoms with E-state index in [9.17, 15) is 0 Å². The average molecular weight is 471 g/mol. The Kier molecular flexibility index (Phi) is 14.9. The molecule has 0 aromatic rings. The Balaban J connectivity index is 5.76. The Bertz CT molecular complexity index is 384. The van der Waals surface area contributed by atoms with Crippen LogP contribution in [0.4, 0.5) is 0 Å². The van der Waals surface area contributed by atoms with E-state index in [4.69, 9.17) is 25.6 Å². The number of rotatable bonds is 18. The SMILES string of the molecule is CCO[SiH](OCC)O[Si](CC)(CC)O[Si](CC)(CC)O[Si](CC)(CC)OCC. The first kappa shape index (κ1) is 28.6. The molecule has 0 aromatic heterocycles. The van der Waals surface area contributed by atoms with Crippen LogP contribution >= 0.6 is 0 Å². The molecule has 28 heavy (non-hydrogen) atoms. The summed E-state index contributed by atoms with van der Waals surface area (Å²) in [4.78, 5) is 0. The van der Waals surface area contributed by atoms with Crippen molar-refractivity contribution in [1.82, 2.24) is 0 Å². The first-order valence-corrected chi connectivity index (χ1v) is 19.4. The second-order valence-corrected chi connectivity index (χ2v) is 20.6. The predicted octanol–water partition coefficient (Wildman–Crippen LogP) is 5.31. The van der Waals surface area contributed by atoms with Gasteiger partial charge in [-0.25, -0.2) is 0 Å². The Morgan fingerprint density at radius 1 is 0.500 bits per heavy atom. The molecule has 0 N–H and O–H groups in total. The fourth-order valence-electron chi connectivity index (χ4n) is 3.28. The molecule has 0 aliphatic carbocycles. The summed E-state index contributed by atoms with van der Waals surface area (Å²) in [5, 5.41) is 0. The second-order valence-electron chi connectivity index (χ2n) is 6.81. The fourth-order valence-corrected chi connectivity index (χ4v) is 21.1. The minimum Gasteiger partial charge on any atom is -0.415 e. The van der Waals surface area contributed by atoms with Gasteiger partial charge in [0.25, 0.3) is 0 Å². The molecule has 0 heterocycles. The third-order valence-corrected chi connectivity index (χ3v) is 22.2. The minimum absolute atomic E-state index is 0.599. The lowest BCUT2D eigenvalue weighted by Crippen LogP contribution is -2.61. The highest BCUT2D eigenvalue weighted by molar-refractivity contribution is 6.88. The molecule has 0 spiro atoms. The van der Waals surface area contributed by atoms with Crippen LogP contribution in [0.25, 0.3) is 0 Å². The maximum Gasteiger partial charge on any atom is 0.475 e. The molecule has 0 rings (SSSR count). The van der Waals surface area contributed by atoms with Crippen molar-refractivity contribution >= 4 is 35.2 Å². The zero-order chi connectivity index (χ0) is 21.7. The van der Waals surface area contributed by atoms with E-state index < -0.39 is 35.2 Å². The topological polar surface area (TPSA) is 55.4 Å². The molecule has 0 amide bonds. The Labute approximate surface area is 179 Å². The highest BCUT2D eigenvalue weighted by atomic mass is 28.5. The molecule has 0 bridgehead atoms. The molecule has 6 nitrogen and oxygen atoms in total. The Morgan fingerprint density at radius 3 is 1.21 bits per heavy atom. The molecule has 0 fully saturated rings. The summed E-state index contributed by atoms with van der Waals surface area (Å²) in [5.74, 6) is 0. The first-order valence-electron chi connectivity index (χ1n) is 11.3. The van der Waals surface area contributed by atoms with Gasteiger partial charge in [0.15, 0.2) is 0 Å². The molecule has 10 heteroatoms. The summed E-state index contributed by atoms with van der Waals surface area (Å²) >= 11 is 0. The Hall–Kier alpha value is 0.628. The molecule has 0 unspecified atom stereocenters. The monoisotopic (exact) mass is 470 g/mol. The second kappa shape index (κ2) is 14.6. The summed E-state index contributed by atoms with van der Waals surface area (Å²) < 4.78 is 38.4. The van der Waals surface area contributed by atoms with Gasteiger partial charge in [-0.3, -0.25) is 0 Å². The molecular formula is C18H46O6Si4. The number of hydrogen-bond donors (Lipinski definition) is 0. The van der Waals surface area contributed by atoms with Crippen molar-refractivity contribution < 1.29 is 25.6 Å². The molecule has 0 aliphatic heterocycles. The lowest BCUT2D eigenvalue weighted by Gasteiger charge is -2.44. The van der Waals surface area contributed by atoms with Crippen LogP contribution in [0.15, 0.2) is 0 Å². The first-order chi connectivity index (χ1) is 13.3. The van der Waals surface area contributed by atoms with Crippen molar-refractivity contribution in [3.05, 3.63) is 0 Å². The third-order valence-electron chi connectivity index (χ3n) is 5.30. The maximum absolute atomic E-state index is 7.01. The molecule has 0 radical (unpaired) electrons. The molecule has 0 atom stereocenters. The van der Waals surface area contributed by atoms with E-state index >= 15 is 0 Å². The van der Waals surface area contributed by atoms with Crippen molar-refractivity contribution in [1.29, 1.82) is 0 Å². The van der Waals surface area contributed by atoms with Gasteiger partial charge in [0.1, 0.15) is 0 Å². The Morgan fingerprint density at radius 2 is 0.893 bits per heavy atom. The largest absolute Gasteiger partial charge is 0.475 e. The van der Waals surface area contributed by atoms with Gasteiger partial charge in [0.05, 0.1) is 0 Å². The van der Waals surface area contributed by atoms with Crippen LogP contribution in [0.5, 0.6) is 0 Å². The van der Waals surface area contributed by atoms with Crippen molar-refractivity contribution in [2.24, 2.45) is 0 Å². The van der Waals surface area contributed by atoms with Gasteiger partial charge in [-0.2, -0.15) is 0 Å². The standard InChI is InChI=1S/C18H46O6Si4/c1-10-19-25(20-11-2)22-27(15-6,16-7)24-28(17-8,18-9)23-26(13-4,14-5)21-12-3/h25H,10-18H2,1-9H3. The van der Waals surface area contributed by atoms with E-state index in [1.807, 2.05) is 13.8 Å². The zero-order valence-electron chi connectivity index (χ0n) is 19.9. The quantitative estimate of drug-likeness (QED) is 0.253. The highest BCUT2D eigenvalue weighted by Gasteiger charge is 2.51. The van der Waals surface area contributed by atoms with E-state index in [1.165, 1.54) is 0 Å². The van der Waals surface area contributed by atoms with Crippen LogP contribution in [-0.2, 0) is 25.6 Å². The molecule has 0 aliphatic rings. The van der Waals surface area contributed by atoms with Gasteiger partial charge >= 0.3 is 35.2 Å². The lowest BCUT2D eigenvalue weighted by molar-refractivity contribution is 0.135. The van der Waals surface area contributed by atoms with E-state index in [1.54, 1.807) is 0 Å². The van der Waals surface area contributed by atoms with E-state index in [-0.39, 0.29) is 0 Å². The van der Waals surface area contributed by atoms with Crippen LogP contribution in [0, 0.1) is 0 Å². The van der Waals surface area contributed by atoms with Crippen LogP contribution in [0.2, 0.25) is 36.3 Å². The lowest BCUT2D eigenvalue weighted by atomic mass is 10.9. The van der Waals surface area contributed by atoms with Crippen LogP contribution in [0.1, 0.15) is 62.3 Å². The van der Waals surface area contributed by atoms with Crippen molar-refractivity contribution in [3.63, 3.8) is 0 Å². The van der Waals surface area contributed by atoms with E-state index in [0.717, 1.165) is 36.3 Å². The van der Waals surface area contributed by atoms with E-state index in [2.05, 4.69) is 48.5 Å². The smallest absolute Gasteiger partial charge is 0.415 e. The van der Waals surface area contributed by atoms with Gasteiger partial charge in [0.2, 0.25) is 0 Å². The van der Waals surface area contributed by atoms with Crippen LogP contribution in [0.3, 0.4) is 0 Å². The van der Waals surface area contributed by atoms with Gasteiger partial charge < -0.3 is 25.6 Å². The summed E-state index contributed by atoms with van der Waals surface area (Å²) in [7, 11) is -9.42. The molecule has 0 saturated heterocycles. The van der Waals surface area contributed by atoms with Crippen molar-refractivity contribution in [2.45, 2.75) is 98.6 Å². The van der Waals surface area contributed by atoms with Crippen molar-refractivity contribution in [3.8, 4) is 0 Å². The summed E-state index contributed by atoms with van der Waals surface area (Å²) in [6.45, 7) is 21.0. The van der Waals surface area contributed by atoms with E-state index in [0.29, 0.717) is 19.8 Å². The normalized spacial score (nSPS) is 13.5. The average Bonchev–Trinajstić information content (AvgIpc) is 2.72. The van der Waals surface area contributed by atoms with Gasteiger partial charge in [-0.1, -0.05) is 41.5 Å². The van der Waals surface area contributed by atoms with Crippen LogP contribution < -0.4 is 0 Å². The summed E-state index contributed by atoms with van der Waals surface area (Å²) in [6, 6.07) is 5.42. The fraction of sp³-hybridized carbons (Fsp3) is 1.00. The van der Waals surface area contributed by atoms with Gasteiger partial charge in [-0.05, 0) is 57.0 Å². The highest BCUT2D eigenvalue weighted by Crippen LogP contribution is 2.34. The minimum atomic E-state index is -2.49. The predicted molar refractivity (Wildman–Crippen MR) is 125 cm³/mol.